The van der Waals surface area contributed by atoms with Crippen molar-refractivity contribution in [2.75, 3.05) is 23.5 Å². The van der Waals surface area contributed by atoms with E-state index >= 15 is 0 Å². The fourth-order valence-electron chi connectivity index (χ4n) is 3.57. The Labute approximate surface area is 232 Å². The second-order valence-electron chi connectivity index (χ2n) is 7.95. The highest BCUT2D eigenvalue weighted by Gasteiger charge is 2.23. The zero-order valence-corrected chi connectivity index (χ0v) is 24.2. The zero-order chi connectivity index (χ0) is 26.8. The van der Waals surface area contributed by atoms with Crippen LogP contribution in [0, 0.1) is 0 Å². The fraction of sp³-hybridized carbons (Fsp3) is 0.160. The first kappa shape index (κ1) is 27.4. The Morgan fingerprint density at radius 3 is 1.97 bits per heavy atom. The summed E-state index contributed by atoms with van der Waals surface area (Å²) in [5.41, 5.74) is 1.55. The largest absolute Gasteiger partial charge is 0.493 e. The van der Waals surface area contributed by atoms with E-state index in [1.807, 2.05) is 0 Å². The van der Waals surface area contributed by atoms with Crippen molar-refractivity contribution in [3.05, 3.63) is 77.9 Å². The summed E-state index contributed by atoms with van der Waals surface area (Å²) in [6.07, 6.45) is 1.91. The van der Waals surface area contributed by atoms with Gasteiger partial charge in [0.05, 0.1) is 19.1 Å². The van der Waals surface area contributed by atoms with Crippen LogP contribution in [0.4, 0.5) is 0 Å². The Bertz CT molecular complexity index is 1660. The first-order valence-electron chi connectivity index (χ1n) is 10.7. The molecule has 1 aromatic heterocycles. The van der Waals surface area contributed by atoms with Crippen LogP contribution < -0.4 is 13.1 Å². The van der Waals surface area contributed by atoms with E-state index in [4.69, 9.17) is 13.1 Å². The van der Waals surface area contributed by atoms with Crippen molar-refractivity contribution in [1.29, 1.82) is 0 Å². The van der Waals surface area contributed by atoms with Gasteiger partial charge in [0.1, 0.15) is 17.2 Å². The molecule has 0 radical (unpaired) electrons. The van der Waals surface area contributed by atoms with Gasteiger partial charge in [0, 0.05) is 30.5 Å². The van der Waals surface area contributed by atoms with Crippen molar-refractivity contribution in [2.24, 2.45) is 0 Å². The molecule has 0 unspecified atom stereocenters. The third-order valence-corrected chi connectivity index (χ3v) is 7.60. The number of ketones is 1. The third kappa shape index (κ3) is 7.00. The number of halogens is 1. The molecule has 194 valence electrons. The Morgan fingerprint density at radius 2 is 1.38 bits per heavy atom. The molecular weight excluding hydrogens is 651 g/mol. The summed E-state index contributed by atoms with van der Waals surface area (Å²) < 4.78 is 63.2. The highest BCUT2D eigenvalue weighted by Crippen LogP contribution is 2.42. The molecule has 0 bridgehead atoms. The maximum atomic E-state index is 13.7. The summed E-state index contributed by atoms with van der Waals surface area (Å²) in [5.74, 6) is 0.712. The molecule has 12 heteroatoms. The highest BCUT2D eigenvalue weighted by atomic mass is 127. The monoisotopic (exact) mass is 672 g/mol. The molecule has 0 spiro atoms. The lowest BCUT2D eigenvalue weighted by Gasteiger charge is -2.08. The molecule has 1 heterocycles. The van der Waals surface area contributed by atoms with Crippen LogP contribution in [0.5, 0.6) is 17.2 Å². The summed E-state index contributed by atoms with van der Waals surface area (Å²) in [4.78, 5) is 14.4. The van der Waals surface area contributed by atoms with Crippen molar-refractivity contribution < 1.29 is 34.7 Å². The van der Waals surface area contributed by atoms with E-state index in [-0.39, 0.29) is 17.3 Å². The normalized spacial score (nSPS) is 11.9. The molecule has 37 heavy (non-hydrogen) atoms. The number of ether oxygens (including phenoxy) is 1. The predicted molar refractivity (Wildman–Crippen MR) is 152 cm³/mol. The Hall–Kier alpha value is -2.68. The van der Waals surface area contributed by atoms with Crippen LogP contribution in [-0.4, -0.2) is 46.2 Å². The van der Waals surface area contributed by atoms with E-state index < -0.39 is 20.2 Å². The van der Waals surface area contributed by atoms with Crippen LogP contribution in [0.2, 0.25) is 0 Å². The van der Waals surface area contributed by atoms with Gasteiger partial charge in [-0.05, 0) is 72.3 Å². The van der Waals surface area contributed by atoms with Gasteiger partial charge in [0.2, 0.25) is 0 Å². The van der Waals surface area contributed by atoms with E-state index in [1.54, 1.807) is 48.5 Å². The first-order valence-corrected chi connectivity index (χ1v) is 16.7. The van der Waals surface area contributed by atoms with Crippen LogP contribution in [0.15, 0.2) is 66.7 Å². The Morgan fingerprint density at radius 1 is 0.811 bits per heavy atom. The fourth-order valence-corrected chi connectivity index (χ4v) is 5.94. The zero-order valence-electron chi connectivity index (χ0n) is 19.6. The minimum absolute atomic E-state index is 0.135. The van der Waals surface area contributed by atoms with Gasteiger partial charge in [-0.3, -0.25) is 4.79 Å². The van der Waals surface area contributed by atoms with Gasteiger partial charge in [-0.1, -0.05) is 22.6 Å². The summed E-state index contributed by atoms with van der Waals surface area (Å²) in [6, 6.07) is 17.9. The van der Waals surface area contributed by atoms with Gasteiger partial charge in [-0.25, -0.2) is 0 Å². The molecule has 0 aliphatic rings. The molecule has 0 aliphatic heterocycles. The molecule has 8 nitrogen and oxygen atoms in total. The van der Waals surface area contributed by atoms with E-state index in [0.717, 1.165) is 16.9 Å². The maximum absolute atomic E-state index is 13.7. The molecular formula is C25H21IO8S3. The molecule has 0 amide bonds. The minimum Gasteiger partial charge on any atom is -0.493 e. The van der Waals surface area contributed by atoms with Crippen molar-refractivity contribution in [3.63, 3.8) is 0 Å². The molecule has 0 saturated carbocycles. The minimum atomic E-state index is -3.73. The molecule has 0 fully saturated rings. The SMILES string of the molecule is CS(=O)(=O)Oc1ccc(-c2sc3cc(OS(C)(=O)=O)ccc3c2C(=O)c2ccc(OCCI)cc2)cc1. The number of hydrogen-bond acceptors (Lipinski definition) is 9. The number of carbonyl (C=O) groups is 1. The van der Waals surface area contributed by atoms with Crippen LogP contribution in [0.1, 0.15) is 15.9 Å². The Balaban J connectivity index is 1.81. The van der Waals surface area contributed by atoms with Crippen LogP contribution in [0.25, 0.3) is 20.5 Å². The maximum Gasteiger partial charge on any atom is 0.306 e. The van der Waals surface area contributed by atoms with Gasteiger partial charge in [0.25, 0.3) is 0 Å². The number of hydrogen-bond donors (Lipinski definition) is 0. The average molecular weight is 673 g/mol. The molecule has 0 aliphatic carbocycles. The van der Waals surface area contributed by atoms with Gasteiger partial charge in [0.15, 0.2) is 5.78 Å². The van der Waals surface area contributed by atoms with Gasteiger partial charge < -0.3 is 13.1 Å². The van der Waals surface area contributed by atoms with Gasteiger partial charge in [-0.2, -0.15) is 16.8 Å². The summed E-state index contributed by atoms with van der Waals surface area (Å²) >= 11 is 3.51. The molecule has 3 aromatic carbocycles. The van der Waals surface area contributed by atoms with E-state index in [9.17, 15) is 21.6 Å². The number of benzene rings is 3. The number of thiophene rings is 1. The lowest BCUT2D eigenvalue weighted by molar-refractivity contribution is 0.104. The number of carbonyl (C=O) groups excluding carboxylic acids is 1. The van der Waals surface area contributed by atoms with Crippen LogP contribution in [0.3, 0.4) is 0 Å². The first-order chi connectivity index (χ1) is 17.4. The van der Waals surface area contributed by atoms with E-state index in [1.165, 1.54) is 29.5 Å². The highest BCUT2D eigenvalue weighted by molar-refractivity contribution is 14.1. The average Bonchev–Trinajstić information content (AvgIpc) is 3.19. The van der Waals surface area contributed by atoms with E-state index in [0.29, 0.717) is 44.0 Å². The summed E-state index contributed by atoms with van der Waals surface area (Å²) in [7, 11) is -7.42. The Kier molecular flexibility index (Phi) is 8.11. The van der Waals surface area contributed by atoms with Crippen LogP contribution >= 0.6 is 33.9 Å². The van der Waals surface area contributed by atoms with Crippen molar-refractivity contribution in [2.45, 2.75) is 0 Å². The molecule has 0 atom stereocenters. The lowest BCUT2D eigenvalue weighted by Crippen LogP contribution is -2.06. The third-order valence-electron chi connectivity index (χ3n) is 4.96. The second kappa shape index (κ2) is 11.0. The van der Waals surface area contributed by atoms with Gasteiger partial charge in [-0.15, -0.1) is 11.3 Å². The topological polar surface area (TPSA) is 113 Å². The van der Waals surface area contributed by atoms with Gasteiger partial charge >= 0.3 is 20.2 Å². The van der Waals surface area contributed by atoms with Crippen molar-refractivity contribution in [1.82, 2.24) is 0 Å². The number of fused-ring (bicyclic) bond motifs is 1. The molecule has 4 aromatic rings. The summed E-state index contributed by atoms with van der Waals surface area (Å²) in [5, 5.41) is 0.632. The predicted octanol–water partition coefficient (Wildman–Crippen LogP) is 5.29. The smallest absolute Gasteiger partial charge is 0.306 e. The van der Waals surface area contributed by atoms with E-state index in [2.05, 4.69) is 22.6 Å². The lowest BCUT2D eigenvalue weighted by atomic mass is 9.97. The molecule has 0 saturated heterocycles. The number of rotatable bonds is 10. The van der Waals surface area contributed by atoms with Crippen molar-refractivity contribution >= 4 is 70.0 Å². The van der Waals surface area contributed by atoms with Crippen LogP contribution in [-0.2, 0) is 20.2 Å². The second-order valence-corrected chi connectivity index (χ2v) is 13.2. The summed E-state index contributed by atoms with van der Waals surface area (Å²) in [6.45, 7) is 0.560. The number of alkyl halides is 1. The standard InChI is InChI=1S/C25H21IO8S3/c1-36(28,29)33-19-9-5-17(6-10-19)25-23(24(27)16-3-7-18(8-4-16)32-14-13-26)21-12-11-20(15-22(21)35-25)34-37(2,30)31/h3-12,15H,13-14H2,1-2H3. The quantitative estimate of drug-likeness (QED) is 0.0968. The molecule has 0 N–H and O–H groups in total. The van der Waals surface area contributed by atoms with Crippen molar-refractivity contribution in [3.8, 4) is 27.7 Å². The molecule has 4 rings (SSSR count).